The van der Waals surface area contributed by atoms with E-state index in [1.165, 1.54) is 4.90 Å². The van der Waals surface area contributed by atoms with E-state index < -0.39 is 12.1 Å². The largest absolute Gasteiger partial charge is 0.392 e. The molecule has 0 spiro atoms. The molecule has 0 bridgehead atoms. The quantitative estimate of drug-likeness (QED) is 0.472. The van der Waals surface area contributed by atoms with Gasteiger partial charge in [-0.1, -0.05) is 27.7 Å². The van der Waals surface area contributed by atoms with Gasteiger partial charge in [0.2, 0.25) is 5.91 Å². The Morgan fingerprint density at radius 2 is 2.00 bits per heavy atom. The molecule has 0 aliphatic carbocycles. The molecule has 3 amide bonds. The summed E-state index contributed by atoms with van der Waals surface area (Å²) in [6.07, 6.45) is -0.263. The summed E-state index contributed by atoms with van der Waals surface area (Å²) < 4.78 is 0. The molecule has 1 aromatic rings. The van der Waals surface area contributed by atoms with Crippen molar-refractivity contribution in [2.24, 2.45) is 11.7 Å². The van der Waals surface area contributed by atoms with Crippen LogP contribution in [0.2, 0.25) is 0 Å². The van der Waals surface area contributed by atoms with E-state index in [9.17, 15) is 14.7 Å². The highest BCUT2D eigenvalue weighted by Crippen LogP contribution is 2.19. The molecule has 2 unspecified atom stereocenters. The van der Waals surface area contributed by atoms with Gasteiger partial charge in [-0.15, -0.1) is 11.3 Å². The molecule has 0 fully saturated rings. The molecule has 5 N–H and O–H groups in total. The van der Waals surface area contributed by atoms with Crippen molar-refractivity contribution in [1.29, 1.82) is 0 Å². The first-order valence-corrected chi connectivity index (χ1v) is 10.1. The van der Waals surface area contributed by atoms with Crippen molar-refractivity contribution in [3.63, 3.8) is 0 Å². The van der Waals surface area contributed by atoms with E-state index in [4.69, 9.17) is 5.73 Å². The standard InChI is InChI=1S/C18H33N5O3S/c1-11(2)15(16(25)20-7-6-14(24)8-19)22-18(26)23(5)9-13-10-27-17(21-13)12(3)4/h10-12,14-15,24H,6-9,19H2,1-5H3,(H,20,25)(H,22,26). The highest BCUT2D eigenvalue weighted by Gasteiger charge is 2.25. The van der Waals surface area contributed by atoms with Gasteiger partial charge in [0.15, 0.2) is 0 Å². The van der Waals surface area contributed by atoms with Crippen molar-refractivity contribution in [2.45, 2.75) is 58.7 Å². The van der Waals surface area contributed by atoms with Gasteiger partial charge in [0.25, 0.3) is 0 Å². The van der Waals surface area contributed by atoms with Gasteiger partial charge in [0.05, 0.1) is 23.4 Å². The molecule has 8 nitrogen and oxygen atoms in total. The van der Waals surface area contributed by atoms with Crippen LogP contribution in [0.5, 0.6) is 0 Å². The predicted octanol–water partition coefficient (Wildman–Crippen LogP) is 1.26. The first-order chi connectivity index (χ1) is 12.6. The molecule has 0 saturated carbocycles. The average Bonchev–Trinajstić information content (AvgIpc) is 3.07. The number of aliphatic hydroxyl groups is 1. The molecule has 27 heavy (non-hydrogen) atoms. The summed E-state index contributed by atoms with van der Waals surface area (Å²) in [6, 6.07) is -0.985. The summed E-state index contributed by atoms with van der Waals surface area (Å²) in [6.45, 7) is 8.74. The molecule has 2 atom stereocenters. The number of aromatic nitrogens is 1. The minimum Gasteiger partial charge on any atom is -0.392 e. The summed E-state index contributed by atoms with van der Waals surface area (Å²) in [5.41, 5.74) is 6.18. The normalized spacial score (nSPS) is 13.5. The maximum atomic E-state index is 12.5. The molecule has 0 saturated heterocycles. The van der Waals surface area contributed by atoms with Crippen molar-refractivity contribution >= 4 is 23.3 Å². The molecule has 1 heterocycles. The third-order valence-corrected chi connectivity index (χ3v) is 5.28. The molecule has 1 aromatic heterocycles. The minimum absolute atomic E-state index is 0.0754. The summed E-state index contributed by atoms with van der Waals surface area (Å²) >= 11 is 1.59. The van der Waals surface area contributed by atoms with E-state index >= 15 is 0 Å². The topological polar surface area (TPSA) is 121 Å². The number of carbonyl (C=O) groups excluding carboxylic acids is 2. The number of nitrogens with zero attached hydrogens (tertiary/aromatic N) is 2. The SMILES string of the molecule is CC(C)c1nc(CN(C)C(=O)NC(C(=O)NCCC(O)CN)C(C)C)cs1. The number of hydrogen-bond donors (Lipinski definition) is 4. The highest BCUT2D eigenvalue weighted by molar-refractivity contribution is 7.09. The molecule has 154 valence electrons. The van der Waals surface area contributed by atoms with Crippen LogP contribution in [0.25, 0.3) is 0 Å². The fourth-order valence-corrected chi connectivity index (χ4v) is 3.17. The smallest absolute Gasteiger partial charge is 0.318 e. The molecule has 0 aliphatic rings. The van der Waals surface area contributed by atoms with E-state index in [1.54, 1.807) is 18.4 Å². The lowest BCUT2D eigenvalue weighted by molar-refractivity contribution is -0.124. The highest BCUT2D eigenvalue weighted by atomic mass is 32.1. The van der Waals surface area contributed by atoms with Crippen LogP contribution >= 0.6 is 11.3 Å². The number of urea groups is 1. The van der Waals surface area contributed by atoms with Crippen molar-refractivity contribution in [1.82, 2.24) is 20.5 Å². The second-order valence-electron chi connectivity index (χ2n) is 7.33. The van der Waals surface area contributed by atoms with Crippen LogP contribution in [0, 0.1) is 5.92 Å². The zero-order valence-corrected chi connectivity index (χ0v) is 17.7. The van der Waals surface area contributed by atoms with Gasteiger partial charge in [-0.3, -0.25) is 4.79 Å². The summed E-state index contributed by atoms with van der Waals surface area (Å²) in [5, 5.41) is 18.0. The van der Waals surface area contributed by atoms with Gasteiger partial charge in [-0.2, -0.15) is 0 Å². The van der Waals surface area contributed by atoms with Crippen LogP contribution in [-0.4, -0.2) is 59.2 Å². The maximum absolute atomic E-state index is 12.5. The average molecular weight is 400 g/mol. The third-order valence-electron chi connectivity index (χ3n) is 4.09. The monoisotopic (exact) mass is 399 g/mol. The number of amides is 3. The second kappa shape index (κ2) is 11.2. The van der Waals surface area contributed by atoms with Crippen LogP contribution in [0.15, 0.2) is 5.38 Å². The number of aliphatic hydroxyl groups excluding tert-OH is 1. The lowest BCUT2D eigenvalue weighted by Gasteiger charge is -2.25. The zero-order valence-electron chi connectivity index (χ0n) is 16.9. The van der Waals surface area contributed by atoms with Crippen LogP contribution in [-0.2, 0) is 11.3 Å². The van der Waals surface area contributed by atoms with Gasteiger partial charge in [-0.05, 0) is 12.3 Å². The van der Waals surface area contributed by atoms with Crippen LogP contribution in [0.1, 0.15) is 50.7 Å². The van der Waals surface area contributed by atoms with Gasteiger partial charge < -0.3 is 26.4 Å². The van der Waals surface area contributed by atoms with E-state index in [0.717, 1.165) is 10.7 Å². The predicted molar refractivity (Wildman–Crippen MR) is 108 cm³/mol. The Kier molecular flexibility index (Phi) is 9.68. The number of carbonyl (C=O) groups is 2. The van der Waals surface area contributed by atoms with Crippen molar-refractivity contribution < 1.29 is 14.7 Å². The first-order valence-electron chi connectivity index (χ1n) is 9.27. The van der Waals surface area contributed by atoms with Gasteiger partial charge in [0, 0.05) is 31.4 Å². The van der Waals surface area contributed by atoms with Crippen LogP contribution in [0.3, 0.4) is 0 Å². The molecule has 0 radical (unpaired) electrons. The second-order valence-corrected chi connectivity index (χ2v) is 8.22. The maximum Gasteiger partial charge on any atom is 0.318 e. The Balaban J connectivity index is 2.58. The molecule has 0 aromatic carbocycles. The van der Waals surface area contributed by atoms with Crippen LogP contribution < -0.4 is 16.4 Å². The molecule has 1 rings (SSSR count). The summed E-state index contributed by atoms with van der Waals surface area (Å²) in [7, 11) is 1.68. The molecular formula is C18H33N5O3S. The Bertz CT molecular complexity index is 606. The number of thiazole rings is 1. The summed E-state index contributed by atoms with van der Waals surface area (Å²) in [5.74, 6) is 0.00927. The summed E-state index contributed by atoms with van der Waals surface area (Å²) in [4.78, 5) is 30.9. The fraction of sp³-hybridized carbons (Fsp3) is 0.722. The molecule has 9 heteroatoms. The van der Waals surface area contributed by atoms with Gasteiger partial charge >= 0.3 is 6.03 Å². The number of nitrogens with two attached hydrogens (primary N) is 1. The number of hydrogen-bond acceptors (Lipinski definition) is 6. The zero-order chi connectivity index (χ0) is 20.6. The Morgan fingerprint density at radius 1 is 1.33 bits per heavy atom. The van der Waals surface area contributed by atoms with Gasteiger partial charge in [0.1, 0.15) is 6.04 Å². The van der Waals surface area contributed by atoms with E-state index in [-0.39, 0.29) is 24.4 Å². The Hall–Kier alpha value is -1.71. The van der Waals surface area contributed by atoms with Crippen LogP contribution in [0.4, 0.5) is 4.79 Å². The number of rotatable bonds is 10. The Morgan fingerprint density at radius 3 is 2.52 bits per heavy atom. The number of nitrogens with one attached hydrogen (secondary N) is 2. The molecular weight excluding hydrogens is 366 g/mol. The first kappa shape index (κ1) is 23.3. The fourth-order valence-electron chi connectivity index (χ4n) is 2.34. The molecule has 0 aliphatic heterocycles. The van der Waals surface area contributed by atoms with E-state index in [0.29, 0.717) is 25.4 Å². The Labute approximate surface area is 165 Å². The van der Waals surface area contributed by atoms with Crippen molar-refractivity contribution in [2.75, 3.05) is 20.1 Å². The lowest BCUT2D eigenvalue weighted by atomic mass is 10.0. The van der Waals surface area contributed by atoms with E-state index in [2.05, 4.69) is 29.5 Å². The van der Waals surface area contributed by atoms with Gasteiger partial charge in [-0.25, -0.2) is 9.78 Å². The van der Waals surface area contributed by atoms with E-state index in [1.807, 2.05) is 19.2 Å². The van der Waals surface area contributed by atoms with Crippen molar-refractivity contribution in [3.05, 3.63) is 16.1 Å². The third kappa shape index (κ3) is 7.82. The van der Waals surface area contributed by atoms with Crippen molar-refractivity contribution in [3.8, 4) is 0 Å². The minimum atomic E-state index is -0.656. The lowest BCUT2D eigenvalue weighted by Crippen LogP contribution is -2.53.